The third-order valence-electron chi connectivity index (χ3n) is 4.94. The van der Waals surface area contributed by atoms with Gasteiger partial charge in [0.25, 0.3) is 5.56 Å². The SMILES string of the molecule is C=CCn1ncc(CN2CCc3nc(C)n(C)c(=O)c3CC2)c1C. The lowest BCUT2D eigenvalue weighted by atomic mass is 10.1. The van der Waals surface area contributed by atoms with Crippen molar-refractivity contribution >= 4 is 0 Å². The van der Waals surface area contributed by atoms with Crippen LogP contribution in [-0.2, 0) is 33.0 Å². The maximum atomic E-state index is 12.5. The fourth-order valence-electron chi connectivity index (χ4n) is 3.26. The fourth-order valence-corrected chi connectivity index (χ4v) is 3.26. The summed E-state index contributed by atoms with van der Waals surface area (Å²) in [5, 5.41) is 4.42. The van der Waals surface area contributed by atoms with E-state index in [-0.39, 0.29) is 5.56 Å². The van der Waals surface area contributed by atoms with E-state index in [1.165, 1.54) is 11.3 Å². The van der Waals surface area contributed by atoms with Gasteiger partial charge in [-0.1, -0.05) is 6.08 Å². The number of allylic oxidation sites excluding steroid dienone is 1. The largest absolute Gasteiger partial charge is 0.300 e. The van der Waals surface area contributed by atoms with Gasteiger partial charge >= 0.3 is 0 Å². The second-order valence-corrected chi connectivity index (χ2v) is 6.45. The molecule has 0 spiro atoms. The fraction of sp³-hybridized carbons (Fsp3) is 0.500. The third kappa shape index (κ3) is 3.06. The summed E-state index contributed by atoms with van der Waals surface area (Å²) in [5.74, 6) is 0.786. The van der Waals surface area contributed by atoms with Crippen molar-refractivity contribution in [1.29, 1.82) is 0 Å². The van der Waals surface area contributed by atoms with Crippen LogP contribution in [0.2, 0.25) is 0 Å². The van der Waals surface area contributed by atoms with Gasteiger partial charge in [-0.15, -0.1) is 6.58 Å². The number of nitrogens with zero attached hydrogens (tertiary/aromatic N) is 5. The summed E-state index contributed by atoms with van der Waals surface area (Å²) in [4.78, 5) is 19.5. The maximum absolute atomic E-state index is 12.5. The summed E-state index contributed by atoms with van der Waals surface area (Å²) < 4.78 is 3.62. The predicted octanol–water partition coefficient (Wildman–Crippen LogP) is 1.38. The first-order valence-corrected chi connectivity index (χ1v) is 8.41. The zero-order valence-corrected chi connectivity index (χ0v) is 14.7. The van der Waals surface area contributed by atoms with Gasteiger partial charge in [-0.05, 0) is 20.3 Å². The number of rotatable bonds is 4. The van der Waals surface area contributed by atoms with Crippen LogP contribution in [0.5, 0.6) is 0 Å². The van der Waals surface area contributed by atoms with E-state index < -0.39 is 0 Å². The van der Waals surface area contributed by atoms with Gasteiger partial charge in [0.1, 0.15) is 5.82 Å². The van der Waals surface area contributed by atoms with Crippen LogP contribution in [0.25, 0.3) is 0 Å². The lowest BCUT2D eigenvalue weighted by Crippen LogP contribution is -2.28. The molecule has 2 aromatic rings. The highest BCUT2D eigenvalue weighted by molar-refractivity contribution is 5.22. The predicted molar refractivity (Wildman–Crippen MR) is 94.1 cm³/mol. The van der Waals surface area contributed by atoms with Gasteiger partial charge in [0, 0.05) is 49.9 Å². The molecule has 6 heteroatoms. The zero-order chi connectivity index (χ0) is 17.3. The molecular weight excluding hydrogens is 302 g/mol. The molecule has 0 fully saturated rings. The Morgan fingerprint density at radius 1 is 1.29 bits per heavy atom. The number of hydrogen-bond acceptors (Lipinski definition) is 4. The van der Waals surface area contributed by atoms with Crippen molar-refractivity contribution in [2.75, 3.05) is 13.1 Å². The first kappa shape index (κ1) is 16.6. The van der Waals surface area contributed by atoms with E-state index in [0.717, 1.165) is 56.1 Å². The molecule has 0 atom stereocenters. The lowest BCUT2D eigenvalue weighted by molar-refractivity contribution is 0.278. The topological polar surface area (TPSA) is 56.0 Å². The van der Waals surface area contributed by atoms with Gasteiger partial charge in [0.05, 0.1) is 18.4 Å². The molecule has 0 N–H and O–H groups in total. The molecule has 0 unspecified atom stereocenters. The Morgan fingerprint density at radius 2 is 2.04 bits per heavy atom. The first-order chi connectivity index (χ1) is 11.5. The van der Waals surface area contributed by atoms with Crippen LogP contribution in [0, 0.1) is 13.8 Å². The molecule has 2 aromatic heterocycles. The molecule has 128 valence electrons. The first-order valence-electron chi connectivity index (χ1n) is 8.41. The summed E-state index contributed by atoms with van der Waals surface area (Å²) in [6, 6.07) is 0. The Hall–Kier alpha value is -2.21. The molecule has 0 saturated heterocycles. The van der Waals surface area contributed by atoms with E-state index in [1.54, 1.807) is 11.6 Å². The highest BCUT2D eigenvalue weighted by Gasteiger charge is 2.20. The van der Waals surface area contributed by atoms with E-state index >= 15 is 0 Å². The van der Waals surface area contributed by atoms with Gasteiger partial charge in [-0.2, -0.15) is 5.10 Å². The van der Waals surface area contributed by atoms with Crippen LogP contribution in [0.3, 0.4) is 0 Å². The molecule has 0 bridgehead atoms. The van der Waals surface area contributed by atoms with Crippen LogP contribution in [-0.4, -0.2) is 37.3 Å². The lowest BCUT2D eigenvalue weighted by Gasteiger charge is -2.19. The highest BCUT2D eigenvalue weighted by Crippen LogP contribution is 2.16. The van der Waals surface area contributed by atoms with Gasteiger partial charge < -0.3 is 0 Å². The molecule has 3 rings (SSSR count). The average Bonchev–Trinajstić information content (AvgIpc) is 2.78. The minimum absolute atomic E-state index is 0.106. The molecule has 1 aliphatic heterocycles. The Labute approximate surface area is 142 Å². The zero-order valence-electron chi connectivity index (χ0n) is 14.7. The van der Waals surface area contributed by atoms with Crippen molar-refractivity contribution in [3.63, 3.8) is 0 Å². The van der Waals surface area contributed by atoms with E-state index in [2.05, 4.69) is 28.5 Å². The summed E-state index contributed by atoms with van der Waals surface area (Å²) in [5.41, 5.74) is 4.37. The molecular formula is C18H25N5O. The number of hydrogen-bond donors (Lipinski definition) is 0. The van der Waals surface area contributed by atoms with Crippen molar-refractivity contribution in [1.82, 2.24) is 24.2 Å². The van der Waals surface area contributed by atoms with E-state index in [9.17, 15) is 4.79 Å². The van der Waals surface area contributed by atoms with E-state index in [4.69, 9.17) is 0 Å². The van der Waals surface area contributed by atoms with Crippen LogP contribution >= 0.6 is 0 Å². The van der Waals surface area contributed by atoms with Crippen LogP contribution < -0.4 is 5.56 Å². The van der Waals surface area contributed by atoms with Crippen molar-refractivity contribution in [3.8, 4) is 0 Å². The molecule has 0 amide bonds. The van der Waals surface area contributed by atoms with Gasteiger partial charge in [-0.3, -0.25) is 18.9 Å². The van der Waals surface area contributed by atoms with E-state index in [1.807, 2.05) is 23.9 Å². The third-order valence-corrected chi connectivity index (χ3v) is 4.94. The summed E-state index contributed by atoms with van der Waals surface area (Å²) in [6.07, 6.45) is 5.38. The van der Waals surface area contributed by atoms with Crippen LogP contribution in [0.4, 0.5) is 0 Å². The molecule has 0 saturated carbocycles. The van der Waals surface area contributed by atoms with Crippen molar-refractivity contribution in [2.24, 2.45) is 7.05 Å². The van der Waals surface area contributed by atoms with E-state index in [0.29, 0.717) is 0 Å². The molecule has 1 aliphatic rings. The van der Waals surface area contributed by atoms with Crippen molar-refractivity contribution < 1.29 is 0 Å². The number of aryl methyl sites for hydroxylation is 1. The number of fused-ring (bicyclic) bond motifs is 1. The quantitative estimate of drug-likeness (QED) is 0.796. The van der Waals surface area contributed by atoms with Gasteiger partial charge in [0.2, 0.25) is 0 Å². The smallest absolute Gasteiger partial charge is 0.256 e. The standard InChI is InChI=1S/C18H25N5O/c1-5-8-23-13(2)15(11-19-23)12-22-9-6-16-17(7-10-22)20-14(3)21(4)18(16)24/h5,11H,1,6-10,12H2,2-4H3. The molecule has 3 heterocycles. The van der Waals surface area contributed by atoms with Crippen LogP contribution in [0.15, 0.2) is 23.6 Å². The van der Waals surface area contributed by atoms with Crippen molar-refractivity contribution in [3.05, 3.63) is 57.5 Å². The minimum Gasteiger partial charge on any atom is -0.300 e. The maximum Gasteiger partial charge on any atom is 0.256 e. The molecule has 0 aliphatic carbocycles. The molecule has 24 heavy (non-hydrogen) atoms. The monoisotopic (exact) mass is 327 g/mol. The normalized spacial score (nSPS) is 15.1. The number of aromatic nitrogens is 4. The summed E-state index contributed by atoms with van der Waals surface area (Å²) in [6.45, 7) is 11.1. The average molecular weight is 327 g/mol. The van der Waals surface area contributed by atoms with Crippen LogP contribution in [0.1, 0.15) is 28.3 Å². The minimum atomic E-state index is 0.106. The second kappa shape index (κ2) is 6.73. The summed E-state index contributed by atoms with van der Waals surface area (Å²) >= 11 is 0. The molecule has 6 nitrogen and oxygen atoms in total. The Kier molecular flexibility index (Phi) is 4.66. The van der Waals surface area contributed by atoms with Gasteiger partial charge in [-0.25, -0.2) is 4.98 Å². The molecule has 0 radical (unpaired) electrons. The van der Waals surface area contributed by atoms with Gasteiger partial charge in [0.15, 0.2) is 0 Å². The van der Waals surface area contributed by atoms with Crippen molar-refractivity contribution in [2.45, 2.75) is 39.8 Å². The Bertz CT molecular complexity index is 818. The summed E-state index contributed by atoms with van der Waals surface area (Å²) in [7, 11) is 1.80. The second-order valence-electron chi connectivity index (χ2n) is 6.45. The highest BCUT2D eigenvalue weighted by atomic mass is 16.1. The Morgan fingerprint density at radius 3 is 2.79 bits per heavy atom. The molecule has 0 aromatic carbocycles. The Balaban J connectivity index is 1.77.